The van der Waals surface area contributed by atoms with Gasteiger partial charge >= 0.3 is 6.09 Å². The molecule has 0 bridgehead atoms. The molecule has 0 aliphatic rings. The first-order chi connectivity index (χ1) is 15.7. The summed E-state index contributed by atoms with van der Waals surface area (Å²) in [5.41, 5.74) is 7.12. The number of hydrogen-bond acceptors (Lipinski definition) is 5. The normalized spacial score (nSPS) is 13.1. The number of primary amides is 1. The van der Waals surface area contributed by atoms with Crippen LogP contribution in [0.5, 0.6) is 0 Å². The lowest BCUT2D eigenvalue weighted by Crippen LogP contribution is -2.54. The van der Waals surface area contributed by atoms with Gasteiger partial charge in [0, 0.05) is 12.6 Å². The van der Waals surface area contributed by atoms with Crippen LogP contribution in [0.2, 0.25) is 0 Å². The third-order valence-corrected chi connectivity index (χ3v) is 4.85. The molecule has 0 aliphatic heterocycles. The van der Waals surface area contributed by atoms with E-state index in [0.29, 0.717) is 12.0 Å². The number of amides is 4. The third-order valence-electron chi connectivity index (χ3n) is 4.85. The summed E-state index contributed by atoms with van der Waals surface area (Å²) in [5.74, 6) is -1.70. The van der Waals surface area contributed by atoms with E-state index < -0.39 is 42.0 Å². The Kier molecular flexibility index (Phi) is 10.5. The first kappa shape index (κ1) is 28.9. The third kappa shape index (κ3) is 9.03. The van der Waals surface area contributed by atoms with Crippen LogP contribution in [-0.4, -0.2) is 52.9 Å². The second-order valence-electron chi connectivity index (χ2n) is 9.83. The van der Waals surface area contributed by atoms with Crippen molar-refractivity contribution in [1.82, 2.24) is 15.5 Å². The fourth-order valence-electron chi connectivity index (χ4n) is 3.61. The van der Waals surface area contributed by atoms with Crippen LogP contribution in [0.1, 0.15) is 77.1 Å². The van der Waals surface area contributed by atoms with Crippen molar-refractivity contribution in [3.8, 4) is 0 Å². The van der Waals surface area contributed by atoms with E-state index >= 15 is 0 Å². The maximum atomic E-state index is 13.7. The minimum atomic E-state index is -1.28. The molecule has 4 N–H and O–H groups in total. The van der Waals surface area contributed by atoms with E-state index in [4.69, 9.17) is 10.5 Å². The highest BCUT2D eigenvalue weighted by atomic mass is 16.6. The maximum Gasteiger partial charge on any atom is 0.408 e. The molecule has 2 atom stereocenters. The van der Waals surface area contributed by atoms with Crippen LogP contribution in [0.3, 0.4) is 0 Å². The molecule has 9 nitrogen and oxygen atoms in total. The Morgan fingerprint density at radius 2 is 1.71 bits per heavy atom. The minimum Gasteiger partial charge on any atom is -0.444 e. The van der Waals surface area contributed by atoms with Crippen molar-refractivity contribution in [1.29, 1.82) is 0 Å². The van der Waals surface area contributed by atoms with Crippen LogP contribution >= 0.6 is 0 Å². The highest BCUT2D eigenvalue weighted by molar-refractivity contribution is 5.94. The first-order valence-corrected chi connectivity index (χ1v) is 11.6. The van der Waals surface area contributed by atoms with Crippen molar-refractivity contribution in [3.63, 3.8) is 0 Å². The lowest BCUT2D eigenvalue weighted by Gasteiger charge is -2.35. The molecule has 0 spiro atoms. The van der Waals surface area contributed by atoms with Crippen LogP contribution in [0.4, 0.5) is 4.79 Å². The largest absolute Gasteiger partial charge is 0.444 e. The molecule has 34 heavy (non-hydrogen) atoms. The smallest absolute Gasteiger partial charge is 0.408 e. The molecule has 190 valence electrons. The molecule has 0 fully saturated rings. The molecule has 0 heterocycles. The van der Waals surface area contributed by atoms with Crippen LogP contribution in [-0.2, 0) is 19.1 Å². The number of carbonyl (C=O) groups excluding carboxylic acids is 4. The molecule has 2 unspecified atom stereocenters. The zero-order chi connectivity index (χ0) is 26.2. The molecule has 1 rings (SSSR count). The van der Waals surface area contributed by atoms with Gasteiger partial charge in [0.15, 0.2) is 0 Å². The highest BCUT2D eigenvalue weighted by Crippen LogP contribution is 2.27. The van der Waals surface area contributed by atoms with E-state index in [1.165, 1.54) is 4.90 Å². The fourth-order valence-corrected chi connectivity index (χ4v) is 3.61. The van der Waals surface area contributed by atoms with Gasteiger partial charge < -0.3 is 26.0 Å². The molecule has 0 aliphatic carbocycles. The zero-order valence-corrected chi connectivity index (χ0v) is 21.7. The molecule has 9 heteroatoms. The van der Waals surface area contributed by atoms with Crippen molar-refractivity contribution < 1.29 is 23.9 Å². The molecule has 0 saturated carbocycles. The van der Waals surface area contributed by atoms with E-state index in [0.717, 1.165) is 11.1 Å². The predicted octanol–water partition coefficient (Wildman–Crippen LogP) is 2.88. The molecule has 1 aromatic carbocycles. The number of alkyl carbamates (subject to hydrolysis) is 1. The Balaban J connectivity index is 3.49. The fraction of sp³-hybridized carbons (Fsp3) is 0.600. The Morgan fingerprint density at radius 3 is 2.18 bits per heavy atom. The Labute approximate surface area is 202 Å². The number of ether oxygens (including phenoxy) is 1. The van der Waals surface area contributed by atoms with Gasteiger partial charge in [-0.25, -0.2) is 4.79 Å². The summed E-state index contributed by atoms with van der Waals surface area (Å²) in [6.07, 6.45) is -0.722. The predicted molar refractivity (Wildman–Crippen MR) is 131 cm³/mol. The maximum absolute atomic E-state index is 13.7. The second-order valence-corrected chi connectivity index (χ2v) is 9.83. The Bertz CT molecular complexity index is 892. The summed E-state index contributed by atoms with van der Waals surface area (Å²) < 4.78 is 5.26. The number of carbonyl (C=O) groups is 4. The van der Waals surface area contributed by atoms with Gasteiger partial charge in [0.1, 0.15) is 17.7 Å². The summed E-state index contributed by atoms with van der Waals surface area (Å²) in [6, 6.07) is 3.27. The van der Waals surface area contributed by atoms with Crippen molar-refractivity contribution >= 4 is 23.8 Å². The number of benzene rings is 1. The minimum absolute atomic E-state index is 0.152. The van der Waals surface area contributed by atoms with E-state index in [1.54, 1.807) is 20.8 Å². The lowest BCUT2D eigenvalue weighted by molar-refractivity contribution is -0.143. The summed E-state index contributed by atoms with van der Waals surface area (Å²) in [6.45, 7) is 14.7. The van der Waals surface area contributed by atoms with Crippen molar-refractivity contribution in [3.05, 3.63) is 34.9 Å². The van der Waals surface area contributed by atoms with Crippen molar-refractivity contribution in [2.45, 2.75) is 92.0 Å². The topological polar surface area (TPSA) is 131 Å². The van der Waals surface area contributed by atoms with Gasteiger partial charge in [-0.1, -0.05) is 30.7 Å². The molecule has 0 saturated heterocycles. The molecule has 1 aromatic rings. The number of nitrogens with one attached hydrogen (secondary N) is 2. The SMILES string of the molecule is CCCN(C(=O)C(CC(N)=O)NC(=O)OC(C)(C)C)C(C(=O)NC(C)C)c1ccc(C)cc1C. The summed E-state index contributed by atoms with van der Waals surface area (Å²) in [4.78, 5) is 52.6. The zero-order valence-electron chi connectivity index (χ0n) is 21.7. The first-order valence-electron chi connectivity index (χ1n) is 11.6. The van der Waals surface area contributed by atoms with Gasteiger partial charge in [0.2, 0.25) is 17.7 Å². The molecule has 0 aromatic heterocycles. The number of rotatable bonds is 10. The van der Waals surface area contributed by atoms with Gasteiger partial charge in [-0.05, 0) is 66.0 Å². The lowest BCUT2D eigenvalue weighted by atomic mass is 9.96. The Hall–Kier alpha value is -3.10. The quantitative estimate of drug-likeness (QED) is 0.478. The van der Waals surface area contributed by atoms with Crippen molar-refractivity contribution in [2.75, 3.05) is 6.54 Å². The Morgan fingerprint density at radius 1 is 1.09 bits per heavy atom. The number of aryl methyl sites for hydroxylation is 2. The van der Waals surface area contributed by atoms with Gasteiger partial charge in [-0.3, -0.25) is 14.4 Å². The van der Waals surface area contributed by atoms with Crippen molar-refractivity contribution in [2.24, 2.45) is 5.73 Å². The van der Waals surface area contributed by atoms with Crippen LogP contribution in [0.15, 0.2) is 18.2 Å². The number of hydrogen-bond donors (Lipinski definition) is 3. The molecule has 4 amide bonds. The number of nitrogens with zero attached hydrogens (tertiary/aromatic N) is 1. The second kappa shape index (κ2) is 12.4. The van der Waals surface area contributed by atoms with Gasteiger partial charge in [0.05, 0.1) is 6.42 Å². The summed E-state index contributed by atoms with van der Waals surface area (Å²) >= 11 is 0. The molecular formula is C25H40N4O5. The van der Waals surface area contributed by atoms with E-state index in [2.05, 4.69) is 10.6 Å². The average molecular weight is 477 g/mol. The van der Waals surface area contributed by atoms with Crippen LogP contribution < -0.4 is 16.4 Å². The number of nitrogens with two attached hydrogens (primary N) is 1. The van der Waals surface area contributed by atoms with Gasteiger partial charge in [-0.15, -0.1) is 0 Å². The van der Waals surface area contributed by atoms with Gasteiger partial charge in [-0.2, -0.15) is 0 Å². The van der Waals surface area contributed by atoms with Crippen LogP contribution in [0, 0.1) is 13.8 Å². The monoisotopic (exact) mass is 476 g/mol. The van der Waals surface area contributed by atoms with E-state index in [1.807, 2.05) is 52.8 Å². The standard InChI is InChI=1S/C25H40N4O5/c1-9-12-29(23(32)19(14-20(26)30)28-24(33)34-25(6,7)8)21(22(31)27-15(2)3)18-11-10-16(4)13-17(18)5/h10-11,13,15,19,21H,9,12,14H2,1-8H3,(H2,26,30)(H,27,31)(H,28,33). The van der Waals surface area contributed by atoms with E-state index in [-0.39, 0.29) is 18.5 Å². The molecular weight excluding hydrogens is 436 g/mol. The van der Waals surface area contributed by atoms with Gasteiger partial charge in [0.25, 0.3) is 0 Å². The summed E-state index contributed by atoms with van der Waals surface area (Å²) in [5, 5.41) is 5.36. The summed E-state index contributed by atoms with van der Waals surface area (Å²) in [7, 11) is 0. The van der Waals surface area contributed by atoms with E-state index in [9.17, 15) is 19.2 Å². The highest BCUT2D eigenvalue weighted by Gasteiger charge is 2.37. The average Bonchev–Trinajstić information content (AvgIpc) is 2.65. The molecule has 0 radical (unpaired) electrons. The van der Waals surface area contributed by atoms with Crippen LogP contribution in [0.25, 0.3) is 0 Å².